The average molecular weight is 412 g/mol. The Bertz CT molecular complexity index is 974. The van der Waals surface area contributed by atoms with Gasteiger partial charge in [-0.15, -0.1) is 5.10 Å². The first-order valence-electron chi connectivity index (χ1n) is 7.85. The third-order valence-corrected chi connectivity index (χ3v) is 4.89. The molecule has 0 aromatic carbocycles. The van der Waals surface area contributed by atoms with E-state index in [4.69, 9.17) is 10.5 Å². The normalized spacial score (nSPS) is 21.1. The van der Waals surface area contributed by atoms with Gasteiger partial charge in [0.25, 0.3) is 0 Å². The number of aliphatic hydroxyl groups is 2. The Morgan fingerprint density at radius 1 is 1.36 bits per heavy atom. The molecule has 12 nitrogen and oxygen atoms in total. The Balaban J connectivity index is 0.00000140. The highest BCUT2D eigenvalue weighted by atomic mass is 32.1. The van der Waals surface area contributed by atoms with Crippen LogP contribution in [0.15, 0.2) is 34.0 Å². The van der Waals surface area contributed by atoms with Crippen molar-refractivity contribution in [3.63, 3.8) is 0 Å². The Kier molecular flexibility index (Phi) is 6.60. The third-order valence-electron chi connectivity index (χ3n) is 4.22. The lowest BCUT2D eigenvalue weighted by molar-refractivity contribution is -0.0458. The Morgan fingerprint density at radius 2 is 2.14 bits per heavy atom. The second kappa shape index (κ2) is 8.55. The van der Waals surface area contributed by atoms with Gasteiger partial charge in [-0.05, 0) is 11.4 Å². The number of aromatic nitrogens is 5. The standard InChI is InChI=1S/C15H16N6O4S.2H2O/c16-14-9(10-5-21(19-18-10)8-1-2-26-7-8)4-20(15(24)17-14)13-3-11(23)12(6-22)25-13;;/h1-2,4-5,7,11-13,22-23H,3,6H2,(H2,16,17,24);2*1H2/t11-,12+,13+;;/m0../s1. The molecule has 1 saturated heterocycles. The lowest BCUT2D eigenvalue weighted by Gasteiger charge is -2.15. The van der Waals surface area contributed by atoms with Crippen molar-refractivity contribution in [2.45, 2.75) is 24.9 Å². The van der Waals surface area contributed by atoms with E-state index in [9.17, 15) is 15.0 Å². The molecule has 13 heteroatoms. The summed E-state index contributed by atoms with van der Waals surface area (Å²) < 4.78 is 8.37. The van der Waals surface area contributed by atoms with Crippen molar-refractivity contribution in [1.29, 1.82) is 0 Å². The van der Waals surface area contributed by atoms with Crippen molar-refractivity contribution >= 4 is 17.2 Å². The maximum atomic E-state index is 12.2. The molecule has 0 amide bonds. The lowest BCUT2D eigenvalue weighted by atomic mass is 10.2. The summed E-state index contributed by atoms with van der Waals surface area (Å²) in [6.45, 7) is -0.337. The van der Waals surface area contributed by atoms with Gasteiger partial charge in [0.2, 0.25) is 0 Å². The molecular weight excluding hydrogens is 392 g/mol. The van der Waals surface area contributed by atoms with Crippen molar-refractivity contribution in [3.05, 3.63) is 39.7 Å². The number of rotatable bonds is 4. The molecule has 152 valence electrons. The SMILES string of the molecule is Nc1nc(=O)n([C@H]2C[C@H](O)[C@@H](CO)O2)cc1-c1cn(-c2ccsc2)nn1.O.O. The van der Waals surface area contributed by atoms with Crippen molar-refractivity contribution < 1.29 is 25.9 Å². The van der Waals surface area contributed by atoms with E-state index in [1.54, 1.807) is 10.9 Å². The van der Waals surface area contributed by atoms with E-state index in [0.29, 0.717) is 11.3 Å². The first-order chi connectivity index (χ1) is 12.6. The van der Waals surface area contributed by atoms with Crippen LogP contribution in [0.4, 0.5) is 5.82 Å². The molecule has 0 saturated carbocycles. The van der Waals surface area contributed by atoms with Gasteiger partial charge in [0.15, 0.2) is 0 Å². The summed E-state index contributed by atoms with van der Waals surface area (Å²) >= 11 is 1.53. The van der Waals surface area contributed by atoms with Crippen molar-refractivity contribution in [2.75, 3.05) is 12.3 Å². The number of nitrogens with zero attached hydrogens (tertiary/aromatic N) is 5. The van der Waals surface area contributed by atoms with Crippen LogP contribution in [0.5, 0.6) is 0 Å². The van der Waals surface area contributed by atoms with E-state index in [1.165, 1.54) is 22.1 Å². The number of thiophene rings is 1. The molecule has 0 unspecified atom stereocenters. The zero-order valence-electron chi connectivity index (χ0n) is 14.5. The highest BCUT2D eigenvalue weighted by molar-refractivity contribution is 7.08. The van der Waals surface area contributed by atoms with Crippen LogP contribution in [0.25, 0.3) is 16.9 Å². The predicted molar refractivity (Wildman–Crippen MR) is 100.0 cm³/mol. The molecule has 0 radical (unpaired) electrons. The molecule has 3 aromatic heterocycles. The first kappa shape index (κ1) is 21.6. The monoisotopic (exact) mass is 412 g/mol. The van der Waals surface area contributed by atoms with Crippen LogP contribution in [0, 0.1) is 0 Å². The summed E-state index contributed by atoms with van der Waals surface area (Å²) in [5, 5.41) is 31.1. The Hall–Kier alpha value is -2.68. The fraction of sp³-hybridized carbons (Fsp3) is 0.333. The van der Waals surface area contributed by atoms with E-state index in [0.717, 1.165) is 5.69 Å². The average Bonchev–Trinajstić information content (AvgIpc) is 3.35. The number of nitrogens with two attached hydrogens (primary N) is 1. The molecule has 0 aliphatic carbocycles. The molecular formula is C15H20N6O6S. The van der Waals surface area contributed by atoms with Gasteiger partial charge in [-0.1, -0.05) is 5.21 Å². The van der Waals surface area contributed by atoms with Gasteiger partial charge in [0, 0.05) is 18.0 Å². The summed E-state index contributed by atoms with van der Waals surface area (Å²) in [6.07, 6.45) is 0.991. The maximum absolute atomic E-state index is 12.2. The zero-order valence-corrected chi connectivity index (χ0v) is 15.3. The van der Waals surface area contributed by atoms with Crippen LogP contribution >= 0.6 is 11.3 Å². The highest BCUT2D eigenvalue weighted by Crippen LogP contribution is 2.29. The maximum Gasteiger partial charge on any atom is 0.351 e. The minimum atomic E-state index is -0.864. The number of aliphatic hydroxyl groups excluding tert-OH is 2. The van der Waals surface area contributed by atoms with Crippen molar-refractivity contribution in [3.8, 4) is 16.9 Å². The molecule has 1 fully saturated rings. The Morgan fingerprint density at radius 3 is 2.79 bits per heavy atom. The number of ether oxygens (including phenoxy) is 1. The van der Waals surface area contributed by atoms with Gasteiger partial charge in [-0.25, -0.2) is 9.48 Å². The topological polar surface area (TPSA) is 204 Å². The molecule has 1 aliphatic rings. The van der Waals surface area contributed by atoms with Gasteiger partial charge in [-0.3, -0.25) is 4.57 Å². The van der Waals surface area contributed by atoms with Gasteiger partial charge in [-0.2, -0.15) is 16.3 Å². The summed E-state index contributed by atoms with van der Waals surface area (Å²) in [5.41, 5.74) is 7.04. The summed E-state index contributed by atoms with van der Waals surface area (Å²) in [5.74, 6) is 0.0286. The highest BCUT2D eigenvalue weighted by Gasteiger charge is 2.35. The van der Waals surface area contributed by atoms with Crippen LogP contribution in [0.2, 0.25) is 0 Å². The third kappa shape index (κ3) is 3.80. The van der Waals surface area contributed by atoms with Crippen molar-refractivity contribution in [1.82, 2.24) is 24.5 Å². The van der Waals surface area contributed by atoms with Gasteiger partial charge >= 0.3 is 5.69 Å². The summed E-state index contributed by atoms with van der Waals surface area (Å²) in [4.78, 5) is 16.0. The van der Waals surface area contributed by atoms with Crippen LogP contribution < -0.4 is 11.4 Å². The van der Waals surface area contributed by atoms with E-state index in [-0.39, 0.29) is 29.8 Å². The molecule has 1 aliphatic heterocycles. The fourth-order valence-electron chi connectivity index (χ4n) is 2.84. The molecule has 3 atom stereocenters. The number of anilines is 1. The predicted octanol–water partition coefficient (Wildman–Crippen LogP) is -1.87. The minimum Gasteiger partial charge on any atom is -0.412 e. The van der Waals surface area contributed by atoms with Gasteiger partial charge in [0.05, 0.1) is 30.2 Å². The molecule has 0 bridgehead atoms. The van der Waals surface area contributed by atoms with Crippen LogP contribution in [0.3, 0.4) is 0 Å². The summed E-state index contributed by atoms with van der Waals surface area (Å²) in [6, 6.07) is 1.90. The van der Waals surface area contributed by atoms with E-state index in [2.05, 4.69) is 15.3 Å². The quantitative estimate of drug-likeness (QED) is 0.441. The van der Waals surface area contributed by atoms with Crippen LogP contribution in [0.1, 0.15) is 12.6 Å². The second-order valence-corrected chi connectivity index (χ2v) is 6.65. The van der Waals surface area contributed by atoms with Crippen molar-refractivity contribution in [2.24, 2.45) is 0 Å². The van der Waals surface area contributed by atoms with Gasteiger partial charge < -0.3 is 31.6 Å². The smallest absolute Gasteiger partial charge is 0.351 e. The zero-order chi connectivity index (χ0) is 18.3. The largest absolute Gasteiger partial charge is 0.412 e. The number of hydrogen-bond donors (Lipinski definition) is 3. The first-order valence-corrected chi connectivity index (χ1v) is 8.79. The van der Waals surface area contributed by atoms with E-state index in [1.807, 2.05) is 16.8 Å². The molecule has 4 rings (SSSR count). The van der Waals surface area contributed by atoms with Crippen LogP contribution in [-0.4, -0.2) is 64.5 Å². The Labute approximate surface area is 162 Å². The minimum absolute atomic E-state index is 0. The van der Waals surface area contributed by atoms with Crippen LogP contribution in [-0.2, 0) is 4.74 Å². The molecule has 3 aromatic rings. The van der Waals surface area contributed by atoms with E-state index < -0.39 is 24.1 Å². The van der Waals surface area contributed by atoms with E-state index >= 15 is 0 Å². The number of hydrogen-bond acceptors (Lipinski definition) is 9. The fourth-order valence-corrected chi connectivity index (χ4v) is 3.46. The molecule has 28 heavy (non-hydrogen) atoms. The lowest BCUT2D eigenvalue weighted by Crippen LogP contribution is -2.28. The molecule has 8 N–H and O–H groups in total. The summed E-state index contributed by atoms with van der Waals surface area (Å²) in [7, 11) is 0. The molecule has 4 heterocycles. The number of nitrogen functional groups attached to an aromatic ring is 1. The second-order valence-electron chi connectivity index (χ2n) is 5.87. The molecule has 0 spiro atoms. The van der Waals surface area contributed by atoms with Gasteiger partial charge in [0.1, 0.15) is 23.8 Å².